The largest absolute Gasteiger partial charge is 0.488 e. The number of carboxylic acids is 1. The summed E-state index contributed by atoms with van der Waals surface area (Å²) in [4.78, 5) is 85.3. The first-order valence-electron chi connectivity index (χ1n) is 39.5. The van der Waals surface area contributed by atoms with Gasteiger partial charge in [-0.1, -0.05) is 120 Å². The molecule has 4 aliphatic heterocycles. The molecule has 0 spiro atoms. The maximum atomic E-state index is 13.4. The summed E-state index contributed by atoms with van der Waals surface area (Å²) >= 11 is 38.0. The highest BCUT2D eigenvalue weighted by atomic mass is 79.9. The summed E-state index contributed by atoms with van der Waals surface area (Å²) in [5.41, 5.74) is 5.85. The van der Waals surface area contributed by atoms with Crippen LogP contribution in [0.4, 0.5) is 17.1 Å². The fourth-order valence-corrected chi connectivity index (χ4v) is 22.0. The Labute approximate surface area is 791 Å². The van der Waals surface area contributed by atoms with Crippen LogP contribution >= 0.6 is 152 Å². The number of nitrogens with zero attached hydrogens (tertiary/aromatic N) is 3. The van der Waals surface area contributed by atoms with Gasteiger partial charge in [0.05, 0.1) is 136 Å². The molecule has 0 aliphatic carbocycles. The van der Waals surface area contributed by atoms with Crippen molar-refractivity contribution in [2.75, 3.05) is 118 Å². The Kier molecular flexibility index (Phi) is 39.1. The second-order valence-corrected chi connectivity index (χ2v) is 40.5. The Bertz CT molecular complexity index is 5180. The maximum Gasteiger partial charge on any atom is 0.488 e. The van der Waals surface area contributed by atoms with E-state index in [9.17, 15) is 33.0 Å². The molecular weight excluding hydrogens is 1970 g/mol. The number of piperidine rings is 1. The SMILES string of the molecule is CCOC(=O)CC(NC(=O)CSc1ccccc1Cl)(c1ccsc1)c1ccc(N2CCOCC2)c(Br)c1.CCOC(=O)CC(NS(=O)C(C)(C)C)(c1ccsc1)c1ccc(N2CCOCC2)c(Br)c1.O=C(O)CSc1ccccc1Cl.O=C1CC(c2ccsc2)(c2ccc(N3CCOCC3)c(Br)c2)NC(=O)C1Sc1ccccc1Cl.OB(O)c1ccccc1. The van der Waals surface area contributed by atoms with Crippen molar-refractivity contribution in [3.63, 3.8) is 0 Å². The highest BCUT2D eigenvalue weighted by molar-refractivity contribution is 9.11. The van der Waals surface area contributed by atoms with Gasteiger partial charge in [-0.05, 0) is 245 Å². The molecule has 35 heteroatoms. The number of rotatable bonds is 27. The van der Waals surface area contributed by atoms with Crippen LogP contribution in [0.15, 0.2) is 236 Å². The molecule has 14 rings (SSSR count). The second kappa shape index (κ2) is 48.7. The molecule has 7 aromatic carbocycles. The predicted molar refractivity (Wildman–Crippen MR) is 516 cm³/mol. The van der Waals surface area contributed by atoms with Gasteiger partial charge in [0.15, 0.2) is 5.78 Å². The number of carbonyl (C=O) groups is 6. The number of aliphatic carboxylic acids is 1. The highest BCUT2D eigenvalue weighted by Gasteiger charge is 2.49. The number of benzene rings is 7. The number of thioether (sulfide) groups is 3. The van der Waals surface area contributed by atoms with Gasteiger partial charge in [-0.15, -0.1) is 35.3 Å². The molecule has 21 nitrogen and oxygen atoms in total. The first-order valence-corrected chi connectivity index (χ1v) is 49.8. The minimum atomic E-state index is -1.42. The smallest absolute Gasteiger partial charge is 0.481 e. The van der Waals surface area contributed by atoms with Gasteiger partial charge in [0, 0.05) is 73.8 Å². The third kappa shape index (κ3) is 27.5. The van der Waals surface area contributed by atoms with Gasteiger partial charge in [-0.25, -0.2) is 8.93 Å². The van der Waals surface area contributed by atoms with Crippen LogP contribution in [0.2, 0.25) is 15.1 Å². The topological polar surface area (TPSA) is 272 Å². The van der Waals surface area contributed by atoms with Crippen LogP contribution in [0.1, 0.15) is 87.3 Å². The minimum Gasteiger partial charge on any atom is -0.481 e. The van der Waals surface area contributed by atoms with E-state index in [1.807, 2.05) is 168 Å². The van der Waals surface area contributed by atoms with Crippen LogP contribution < -0.4 is 35.5 Å². The van der Waals surface area contributed by atoms with Crippen molar-refractivity contribution in [2.24, 2.45) is 0 Å². The lowest BCUT2D eigenvalue weighted by molar-refractivity contribution is -0.145. The van der Waals surface area contributed by atoms with Crippen molar-refractivity contribution in [3.05, 3.63) is 270 Å². The molecule has 0 bridgehead atoms. The Morgan fingerprint density at radius 3 is 1.40 bits per heavy atom. The number of anilines is 3. The number of carboxylic acid groups (broad SMARTS) is 1. The van der Waals surface area contributed by atoms with Crippen LogP contribution in [-0.2, 0) is 80.1 Å². The summed E-state index contributed by atoms with van der Waals surface area (Å²) < 4.78 is 46.0. The van der Waals surface area contributed by atoms with Gasteiger partial charge >= 0.3 is 25.0 Å². The molecule has 658 valence electrons. The molecule has 10 aromatic rings. The first-order chi connectivity index (χ1) is 59.6. The second-order valence-electron chi connectivity index (χ2n) is 29.2. The highest BCUT2D eigenvalue weighted by Crippen LogP contribution is 2.46. The summed E-state index contributed by atoms with van der Waals surface area (Å²) in [5.74, 6) is -2.01. The molecule has 0 saturated carbocycles. The zero-order valence-corrected chi connectivity index (χ0v) is 81.2. The van der Waals surface area contributed by atoms with E-state index in [0.717, 1.165) is 118 Å². The van der Waals surface area contributed by atoms with E-state index < -0.39 is 50.7 Å². The van der Waals surface area contributed by atoms with E-state index >= 15 is 0 Å². The number of ether oxygens (including phenoxy) is 5. The molecule has 4 fully saturated rings. The van der Waals surface area contributed by atoms with Crippen LogP contribution in [-0.4, -0.2) is 176 Å². The number of hydrogen-bond donors (Lipinski definition) is 6. The monoisotopic (exact) mass is 2060 g/mol. The van der Waals surface area contributed by atoms with Crippen molar-refractivity contribution in [1.82, 2.24) is 15.4 Å². The fourth-order valence-electron chi connectivity index (χ4n) is 13.7. The summed E-state index contributed by atoms with van der Waals surface area (Å²) in [6, 6.07) is 54.6. The number of morpholine rings is 3. The Hall–Kier alpha value is -6.61. The van der Waals surface area contributed by atoms with Crippen LogP contribution in [0.25, 0.3) is 0 Å². The van der Waals surface area contributed by atoms with Gasteiger partial charge in [0.1, 0.15) is 10.8 Å². The van der Waals surface area contributed by atoms with E-state index in [2.05, 4.69) is 90.0 Å². The number of carbonyl (C=O) groups excluding carboxylic acids is 5. The minimum absolute atomic E-state index is 0.0305. The van der Waals surface area contributed by atoms with Crippen LogP contribution in [0.5, 0.6) is 0 Å². The standard InChI is InChI=1S/C27H28BrClN2O4S2.C25H22BrClN2O3S2.C23H31BrN2O4S2.C8H7ClO2S.C6H7BO2/c1-2-35-26(33)16-27(20-9-14-36-17-20,30-25(32)18-37-24-6-4-3-5-22(24)29)19-7-8-23(21(28)15-19)31-10-12-34-13-11-31;26-18-13-16(5-6-20(18)29-8-10-32-11-9-29)25(17-7-12-33-15-17)14-21(30)23(24(31)28-25)34-22-4-2-1-3-19(22)27;1-5-30-21(27)15-23(18-8-13-31-16-18,25-32(28)22(2,3)4)17-6-7-20(19(24)14-17)26-9-11-29-12-10-26;9-6-3-1-2-4-7(6)12-5-8(10)11;8-7(9)6-4-2-1-3-5-6/h3-9,14-15,17H,2,10-13,16,18H2,1H3,(H,30,32);1-7,12-13,15,23H,8-11,14H2,(H,28,31);6-8,13-14,16,25H,5,9-12,15H2,1-4H3;1-4H,5H2,(H,10,11);1-5,8-9H. The average Bonchev–Trinajstić information content (AvgIpc) is 1.21. The molecule has 124 heavy (non-hydrogen) atoms. The lowest BCUT2D eigenvalue weighted by atomic mass is 9.77. The van der Waals surface area contributed by atoms with E-state index in [1.165, 1.54) is 46.6 Å². The maximum absolute atomic E-state index is 13.4. The number of halogens is 6. The third-order valence-electron chi connectivity index (χ3n) is 19.9. The number of amides is 2. The Balaban J connectivity index is 0.000000174. The van der Waals surface area contributed by atoms with E-state index in [0.29, 0.717) is 66.8 Å². The number of thiophene rings is 3. The van der Waals surface area contributed by atoms with Gasteiger partial charge in [-0.3, -0.25) is 28.8 Å². The molecule has 0 radical (unpaired) electrons. The number of esters is 2. The molecule has 5 unspecified atom stereocenters. The van der Waals surface area contributed by atoms with Crippen molar-refractivity contribution in [3.8, 4) is 0 Å². The van der Waals surface area contributed by atoms with E-state index in [-0.39, 0.29) is 66.9 Å². The number of ketones is 1. The average molecular weight is 2070 g/mol. The van der Waals surface area contributed by atoms with Crippen LogP contribution in [0.3, 0.4) is 0 Å². The zero-order valence-electron chi connectivity index (χ0n) is 68.5. The molecule has 2 amide bonds. The molecule has 6 N–H and O–H groups in total. The van der Waals surface area contributed by atoms with Crippen molar-refractivity contribution in [1.29, 1.82) is 0 Å². The summed E-state index contributed by atoms with van der Waals surface area (Å²) in [7, 11) is -2.77. The van der Waals surface area contributed by atoms with Gasteiger partial charge < -0.3 is 64.2 Å². The predicted octanol–water partition coefficient (Wildman–Crippen LogP) is 18.1. The molecule has 4 saturated heterocycles. The van der Waals surface area contributed by atoms with Gasteiger partial charge in [-0.2, -0.15) is 34.0 Å². The summed E-state index contributed by atoms with van der Waals surface area (Å²) in [6.45, 7) is 18.9. The van der Waals surface area contributed by atoms with Crippen LogP contribution in [0, 0.1) is 0 Å². The van der Waals surface area contributed by atoms with E-state index in [1.54, 1.807) is 85.1 Å². The zero-order chi connectivity index (χ0) is 89.0. The third-order valence-corrected chi connectivity index (χ3v) is 30.3. The Morgan fingerprint density at radius 2 is 0.984 bits per heavy atom. The summed E-state index contributed by atoms with van der Waals surface area (Å²) in [5, 5.41) is 44.7. The van der Waals surface area contributed by atoms with Gasteiger partial charge in [0.25, 0.3) is 0 Å². The molecule has 5 atom stereocenters. The lowest BCUT2D eigenvalue weighted by Crippen LogP contribution is -2.58. The quantitative estimate of drug-likeness (QED) is 0.0121. The molecule has 7 heterocycles. The molecule has 4 aliphatic rings. The van der Waals surface area contributed by atoms with Crippen molar-refractivity contribution >= 4 is 228 Å². The Morgan fingerprint density at radius 1 is 0.556 bits per heavy atom. The van der Waals surface area contributed by atoms with Gasteiger partial charge in [0.2, 0.25) is 11.8 Å². The number of hydrogen-bond acceptors (Lipinski definition) is 23. The fraction of sp³-hybridized carbons (Fsp3) is 0.326. The molecular formula is C89H95BBr3Cl3N6O15S7. The number of Topliss-reactive ketones (excluding diaryl/α,β-unsaturated/α-hetero) is 1. The summed E-state index contributed by atoms with van der Waals surface area (Å²) in [6.07, 6.45) is 0.160. The first kappa shape index (κ1) is 99.6. The molecule has 3 aromatic heterocycles. The normalized spacial score (nSPS) is 17.0. The number of nitrogens with one attached hydrogen (secondary N) is 3. The lowest BCUT2D eigenvalue weighted by Gasteiger charge is -2.40. The van der Waals surface area contributed by atoms with Crippen molar-refractivity contribution < 1.29 is 71.8 Å². The van der Waals surface area contributed by atoms with E-state index in [4.69, 9.17) is 73.6 Å². The van der Waals surface area contributed by atoms with Crippen molar-refractivity contribution in [2.45, 2.75) is 95.2 Å².